The average molecular weight is 1170 g/mol. The first-order valence-electron chi connectivity index (χ1n) is 27.0. The van der Waals surface area contributed by atoms with Crippen molar-refractivity contribution in [3.63, 3.8) is 0 Å². The van der Waals surface area contributed by atoms with Crippen LogP contribution in [0.3, 0.4) is 0 Å². The third-order valence-electron chi connectivity index (χ3n) is 10.4. The second-order valence-electron chi connectivity index (χ2n) is 17.5. The van der Waals surface area contributed by atoms with E-state index in [1.807, 2.05) is 27.7 Å². The van der Waals surface area contributed by atoms with Gasteiger partial charge in [-0.1, -0.05) is 67.2 Å². The fraction of sp³-hybridized carbons (Fsp3) is 0.500. The number of aromatic nitrogens is 4. The second-order valence-corrected chi connectivity index (χ2v) is 18.1. The molecule has 1 fully saturated rings. The van der Waals surface area contributed by atoms with Crippen molar-refractivity contribution in [1.82, 2.24) is 51.6 Å². The van der Waals surface area contributed by atoms with Crippen LogP contribution in [0.2, 0.25) is 0 Å². The van der Waals surface area contributed by atoms with Crippen LogP contribution in [0.15, 0.2) is 47.7 Å². The molecule has 2 atom stereocenters. The third-order valence-corrected chi connectivity index (χ3v) is 10.8. The van der Waals surface area contributed by atoms with E-state index in [-0.39, 0.29) is 95.3 Å². The van der Waals surface area contributed by atoms with E-state index in [1.165, 1.54) is 54.6 Å². The van der Waals surface area contributed by atoms with Gasteiger partial charge in [0.25, 0.3) is 11.8 Å². The zero-order valence-corrected chi connectivity index (χ0v) is 50.0. The van der Waals surface area contributed by atoms with Gasteiger partial charge in [0.05, 0.1) is 53.2 Å². The monoisotopic (exact) mass is 1170 g/mol. The number of aliphatic hydroxyl groups excluding tert-OH is 1. The number of nitrogens with two attached hydrogens (primary N) is 5. The molecule has 6 amide bonds. The number of imide groups is 1. The second kappa shape index (κ2) is 45.6. The number of amidine groups is 1. The number of carbonyl (C=O) groups excluding carboxylic acids is 8. The number of fused-ring (bicyclic) bond motifs is 1. The first kappa shape index (κ1) is 76.0. The summed E-state index contributed by atoms with van der Waals surface area (Å²) in [6.45, 7) is 17.8. The summed E-state index contributed by atoms with van der Waals surface area (Å²) in [5.74, 6) is 3.99. The van der Waals surface area contributed by atoms with Crippen molar-refractivity contribution in [3.05, 3.63) is 65.0 Å². The Kier molecular flexibility index (Phi) is 42.3. The number of thiol groups is 1. The molecule has 2 aromatic carbocycles. The normalized spacial score (nSPS) is 12.4. The molecule has 1 aliphatic rings. The number of likely N-dealkylation sites (N-methyl/N-ethyl adjacent to an activating group) is 1. The van der Waals surface area contributed by atoms with E-state index >= 15 is 0 Å². The maximum atomic E-state index is 12.9. The van der Waals surface area contributed by atoms with Crippen LogP contribution in [-0.4, -0.2) is 135 Å². The van der Waals surface area contributed by atoms with Crippen molar-refractivity contribution in [2.24, 2.45) is 16.7 Å². The molecule has 1 aliphatic heterocycles. The molecule has 27 nitrogen and oxygen atoms in total. The highest BCUT2D eigenvalue weighted by Crippen LogP contribution is 2.22. The van der Waals surface area contributed by atoms with Crippen molar-refractivity contribution in [3.8, 4) is 0 Å². The van der Waals surface area contributed by atoms with Gasteiger partial charge in [0.15, 0.2) is 22.8 Å². The van der Waals surface area contributed by atoms with Gasteiger partial charge in [-0.2, -0.15) is 22.6 Å². The van der Waals surface area contributed by atoms with E-state index in [1.54, 1.807) is 19.2 Å². The Bertz CT molecular complexity index is 2590. The topological polar surface area (TPSA) is 438 Å². The minimum Gasteiger partial charge on any atom is -0.400 e. The Morgan fingerprint density at radius 1 is 0.890 bits per heavy atom. The van der Waals surface area contributed by atoms with Crippen molar-refractivity contribution >= 4 is 107 Å². The number of hydrogen-bond acceptors (Lipinski definition) is 22. The molecule has 0 saturated carbocycles. The molecule has 0 aliphatic carbocycles. The number of rotatable bonds is 25. The van der Waals surface area contributed by atoms with E-state index in [9.17, 15) is 38.4 Å². The van der Waals surface area contributed by atoms with Crippen LogP contribution in [0.4, 0.5) is 28.8 Å². The molecule has 82 heavy (non-hydrogen) atoms. The van der Waals surface area contributed by atoms with E-state index in [2.05, 4.69) is 103 Å². The van der Waals surface area contributed by atoms with Crippen LogP contribution in [0.5, 0.6) is 0 Å². The largest absolute Gasteiger partial charge is 0.400 e. The van der Waals surface area contributed by atoms with Gasteiger partial charge in [-0.05, 0) is 83.0 Å². The molecular weight excluding hydrogens is 1080 g/mol. The minimum absolute atomic E-state index is 0.00155. The summed E-state index contributed by atoms with van der Waals surface area (Å²) < 4.78 is 0. The molecule has 3 heterocycles. The lowest BCUT2D eigenvalue weighted by atomic mass is 10.0. The van der Waals surface area contributed by atoms with Crippen LogP contribution < -0.4 is 66.2 Å². The van der Waals surface area contributed by atoms with E-state index < -0.39 is 23.1 Å². The molecule has 456 valence electrons. The summed E-state index contributed by atoms with van der Waals surface area (Å²) >= 11 is 4.03. The number of unbranched alkanes of at least 4 members (excludes halogenated alkanes) is 4. The number of likely N-dealkylation sites (tertiary alicyclic amines) is 1. The number of hydrogen-bond donors (Lipinski definition) is 14. The number of nitrogens with zero attached hydrogens (tertiary/aromatic N) is 6. The maximum absolute atomic E-state index is 12.9. The van der Waals surface area contributed by atoms with Gasteiger partial charge < -0.3 is 69.5 Å². The number of benzene rings is 2. The lowest BCUT2D eigenvalue weighted by molar-refractivity contribution is -0.138. The van der Waals surface area contributed by atoms with Crippen molar-refractivity contribution in [1.29, 1.82) is 0 Å². The minimum atomic E-state index is -0.820. The summed E-state index contributed by atoms with van der Waals surface area (Å²) in [5.41, 5.74) is 28.6. The van der Waals surface area contributed by atoms with Gasteiger partial charge >= 0.3 is 0 Å². The number of aliphatic hydroxyl groups is 1. The number of carbonyl (C=O) groups is 8. The van der Waals surface area contributed by atoms with Gasteiger partial charge in [-0.15, -0.1) is 5.10 Å². The van der Waals surface area contributed by atoms with Gasteiger partial charge in [0, 0.05) is 55.9 Å². The van der Waals surface area contributed by atoms with Crippen LogP contribution in [0.25, 0.3) is 11.2 Å². The van der Waals surface area contributed by atoms with Crippen LogP contribution in [0.1, 0.15) is 152 Å². The molecule has 0 radical (unpaired) electrons. The molecule has 0 bridgehead atoms. The van der Waals surface area contributed by atoms with Crippen LogP contribution >= 0.6 is 12.6 Å². The predicted octanol–water partition coefficient (Wildman–Crippen LogP) is 3.33. The molecule has 1 saturated heterocycles. The summed E-state index contributed by atoms with van der Waals surface area (Å²) in [4.78, 5) is 109. The van der Waals surface area contributed by atoms with Gasteiger partial charge in [-0.3, -0.25) is 33.7 Å². The number of nitrogen functional groups attached to an aromatic ring is 3. The third kappa shape index (κ3) is 29.9. The molecule has 4 aromatic rings. The smallest absolute Gasteiger partial charge is 0.252 e. The first-order valence-corrected chi connectivity index (χ1v) is 27.5. The Morgan fingerprint density at radius 3 is 2.11 bits per heavy atom. The van der Waals surface area contributed by atoms with Gasteiger partial charge in [0.2, 0.25) is 30.1 Å². The molecule has 5 rings (SSSR count). The van der Waals surface area contributed by atoms with E-state index in [0.29, 0.717) is 61.2 Å². The highest BCUT2D eigenvalue weighted by Gasteiger charge is 2.35. The summed E-state index contributed by atoms with van der Waals surface area (Å²) in [7, 11) is 2.75. The highest BCUT2D eigenvalue weighted by atomic mass is 32.1. The number of anilines is 5. The maximum Gasteiger partial charge on any atom is 0.252 e. The Balaban J connectivity index is 0. The Labute approximate surface area is 487 Å². The molecule has 18 N–H and O–H groups in total. The number of hydrazine groups is 1. The standard InChI is InChI=1S/C28H33N15O4.C10H15NO3S.C6H14N2O.C4H10.C3H8.C2H6.CH4O/c29-20-8-14(3-6-21(20)35-10-17-11-36-25-22(38-17)24(31)40-28(32)41-25)26(46)39-16(12-44)2-1-7-34-27(47)18-5-4-15(37-13-45)9-19(18)23(30)42-43-33;12-6-4-2-1-3-5-11-9(13)7-8(15)10(11)14;1-5(2)8-6(9)4-7-3;1-3-4-2;1-3-2;2*1-2/h3-6,8-9,11-13,16,35,43H,1-2,7,10,29,33H2,(H2,30,42)(H,34,47)(H,37,45)(H,39,46)(H4,31,32,36,40,41);6,8,15H,1-5,7H2;5,7H,4H2,1-3H3,(H,8,9);3-4H2,1-2H3;3H2,1-2H3;1-2H3;2H,1H3. The predicted molar refractivity (Wildman–Crippen MR) is 327 cm³/mol. The van der Waals surface area contributed by atoms with Crippen molar-refractivity contribution in [2.45, 2.75) is 143 Å². The van der Waals surface area contributed by atoms with Gasteiger partial charge in [0.1, 0.15) is 12.6 Å². The van der Waals surface area contributed by atoms with Gasteiger partial charge in [-0.25, -0.2) is 21.3 Å². The van der Waals surface area contributed by atoms with E-state index in [4.69, 9.17) is 33.9 Å². The molecule has 2 aromatic heterocycles. The fourth-order valence-corrected chi connectivity index (χ4v) is 6.81. The Hall–Kier alpha value is -8.08. The lowest BCUT2D eigenvalue weighted by Gasteiger charge is -2.15. The molecule has 2 unspecified atom stereocenters. The summed E-state index contributed by atoms with van der Waals surface area (Å²) in [6.07, 6.45) is 11.2. The van der Waals surface area contributed by atoms with E-state index in [0.717, 1.165) is 32.7 Å². The summed E-state index contributed by atoms with van der Waals surface area (Å²) in [5, 5.41) is 26.7. The van der Waals surface area contributed by atoms with Crippen molar-refractivity contribution in [2.75, 3.05) is 61.6 Å². The zero-order valence-electron chi connectivity index (χ0n) is 49.1. The Morgan fingerprint density at radius 2 is 1.56 bits per heavy atom. The average Bonchev–Trinajstić information content (AvgIpc) is 3.73. The number of nitrogens with one attached hydrogen (secondary N) is 7. The zero-order chi connectivity index (χ0) is 62.6. The molecular formula is C54H90N18O9S. The number of aldehydes is 2. The summed E-state index contributed by atoms with van der Waals surface area (Å²) in [6, 6.07) is 8.53. The van der Waals surface area contributed by atoms with Crippen molar-refractivity contribution < 1.29 is 43.5 Å². The SMILES string of the molecule is CC.CCC.CCCC.CNCC(=O)NC(C)C.CO.NN/N=C(\N)c1cc(NC=O)ccc1C(=O)NCCCC(C=O)NC(=O)c1ccc(NCc2cnc3nc(N)nc(N)c3n2)c(N)c1.O=CCCCCCN1C(=O)CC(S)C1=O. The molecule has 0 spiro atoms. The number of hydrazone groups is 1. The quantitative estimate of drug-likeness (QED) is 0.00521. The van der Waals surface area contributed by atoms with Crippen LogP contribution in [0, 0.1) is 0 Å². The number of amides is 6. The first-order chi connectivity index (χ1) is 39.3. The lowest BCUT2D eigenvalue weighted by Crippen LogP contribution is -2.37. The van der Waals surface area contributed by atoms with Crippen LogP contribution in [-0.2, 0) is 35.3 Å². The fourth-order valence-electron chi connectivity index (χ4n) is 6.51. The molecule has 28 heteroatoms. The highest BCUT2D eigenvalue weighted by molar-refractivity contribution is 7.81.